The van der Waals surface area contributed by atoms with Gasteiger partial charge in [0.05, 0.1) is 25.4 Å². The minimum absolute atomic E-state index is 0.113. The van der Waals surface area contributed by atoms with Crippen LogP contribution in [0.3, 0.4) is 0 Å². The number of benzene rings is 3. The van der Waals surface area contributed by atoms with Crippen molar-refractivity contribution >= 4 is 5.97 Å². The Labute approximate surface area is 224 Å². The Hall–Kier alpha value is -4.31. The Balaban J connectivity index is 1.44. The first kappa shape index (κ1) is 26.3. The molecule has 3 aromatic carbocycles. The van der Waals surface area contributed by atoms with Crippen molar-refractivity contribution in [2.45, 2.75) is 37.8 Å². The maximum Gasteiger partial charge on any atom is 0.338 e. The van der Waals surface area contributed by atoms with Crippen molar-refractivity contribution < 1.29 is 23.7 Å². The molecule has 0 saturated carbocycles. The van der Waals surface area contributed by atoms with Crippen LogP contribution in [-0.2, 0) is 32.2 Å². The van der Waals surface area contributed by atoms with E-state index in [2.05, 4.69) is 4.98 Å². The molecule has 2 heterocycles. The third-order valence-electron chi connectivity index (χ3n) is 6.34. The minimum atomic E-state index is -1.06. The fourth-order valence-corrected chi connectivity index (χ4v) is 4.42. The number of ether oxygens (including phenoxy) is 4. The number of aromatic nitrogens is 2. The quantitative estimate of drug-likeness (QED) is 0.314. The third-order valence-corrected chi connectivity index (χ3v) is 6.34. The zero-order valence-corrected chi connectivity index (χ0v) is 21.1. The van der Waals surface area contributed by atoms with Crippen LogP contribution in [0.15, 0.2) is 113 Å². The Bertz CT molecular complexity index is 1470. The Morgan fingerprint density at radius 1 is 0.795 bits per heavy atom. The summed E-state index contributed by atoms with van der Waals surface area (Å²) in [5.41, 5.74) is 1.00. The van der Waals surface area contributed by atoms with E-state index in [1.54, 1.807) is 30.3 Å². The summed E-state index contributed by atoms with van der Waals surface area (Å²) in [7, 11) is 0. The number of nitrogens with one attached hydrogen (secondary N) is 1. The molecule has 0 unspecified atom stereocenters. The van der Waals surface area contributed by atoms with Crippen LogP contribution < -0.4 is 11.2 Å². The minimum Gasteiger partial charge on any atom is -0.451 e. The fraction of sp³-hybridized carbons (Fsp3) is 0.233. The summed E-state index contributed by atoms with van der Waals surface area (Å²) in [4.78, 5) is 39.8. The van der Waals surface area contributed by atoms with Crippen molar-refractivity contribution in [2.75, 3.05) is 6.61 Å². The van der Waals surface area contributed by atoms with Crippen molar-refractivity contribution in [3.05, 3.63) is 141 Å². The first-order valence-corrected chi connectivity index (χ1v) is 12.6. The van der Waals surface area contributed by atoms with E-state index in [-0.39, 0.29) is 13.2 Å². The van der Waals surface area contributed by atoms with E-state index in [0.29, 0.717) is 12.2 Å². The Morgan fingerprint density at radius 3 is 2.05 bits per heavy atom. The second-order valence-electron chi connectivity index (χ2n) is 9.08. The summed E-state index contributed by atoms with van der Waals surface area (Å²) in [5, 5.41) is 0. The fourth-order valence-electron chi connectivity index (χ4n) is 4.42. The Kier molecular flexibility index (Phi) is 8.42. The van der Waals surface area contributed by atoms with E-state index >= 15 is 0 Å². The van der Waals surface area contributed by atoms with Gasteiger partial charge >= 0.3 is 11.7 Å². The van der Waals surface area contributed by atoms with Crippen molar-refractivity contribution in [1.82, 2.24) is 9.55 Å². The lowest BCUT2D eigenvalue weighted by Gasteiger charge is -2.25. The number of carbonyl (C=O) groups excluding carboxylic acids is 1. The maximum atomic E-state index is 13.1. The molecule has 39 heavy (non-hydrogen) atoms. The molecule has 0 spiro atoms. The predicted octanol–water partition coefficient (Wildman–Crippen LogP) is 3.46. The van der Waals surface area contributed by atoms with E-state index in [4.69, 9.17) is 18.9 Å². The number of hydrogen-bond donors (Lipinski definition) is 1. The molecule has 0 bridgehead atoms. The summed E-state index contributed by atoms with van der Waals surface area (Å²) >= 11 is 0. The molecule has 1 aliphatic rings. The normalized spacial score (nSPS) is 20.5. The highest BCUT2D eigenvalue weighted by molar-refractivity contribution is 5.89. The summed E-state index contributed by atoms with van der Waals surface area (Å²) in [6, 6.07) is 29.0. The van der Waals surface area contributed by atoms with Gasteiger partial charge in [0, 0.05) is 12.3 Å². The predicted molar refractivity (Wildman–Crippen MR) is 142 cm³/mol. The molecule has 0 radical (unpaired) electrons. The van der Waals surface area contributed by atoms with E-state index in [0.717, 1.165) is 11.1 Å². The standard InChI is InChI=1S/C30H28N2O7/c33-25-16-17-32(30(35)31-25)28-27(39-29(34)23-14-8-3-9-15-23)26(37-19-22-12-6-2-7-13-22)24(38-28)20-36-18-21-10-4-1-5-11-21/h1-17,24,26-28H,18-20H2,(H,31,33,35)/t24-,26-,27-,28-/m1/s1. The number of nitrogens with zero attached hydrogens (tertiary/aromatic N) is 1. The van der Waals surface area contributed by atoms with Crippen LogP contribution in [0, 0.1) is 0 Å². The summed E-state index contributed by atoms with van der Waals surface area (Å²) in [5.74, 6) is -0.592. The molecule has 5 rings (SSSR count). The van der Waals surface area contributed by atoms with Crippen molar-refractivity contribution in [1.29, 1.82) is 0 Å². The van der Waals surface area contributed by atoms with Gasteiger partial charge in [-0.05, 0) is 23.3 Å². The Morgan fingerprint density at radius 2 is 1.41 bits per heavy atom. The van der Waals surface area contributed by atoms with E-state index < -0.39 is 41.8 Å². The van der Waals surface area contributed by atoms with Crippen molar-refractivity contribution in [3.8, 4) is 0 Å². The largest absolute Gasteiger partial charge is 0.451 e. The second-order valence-corrected chi connectivity index (χ2v) is 9.08. The van der Waals surface area contributed by atoms with Gasteiger partial charge in [0.1, 0.15) is 12.2 Å². The number of rotatable bonds is 10. The maximum absolute atomic E-state index is 13.1. The van der Waals surface area contributed by atoms with Crippen LogP contribution >= 0.6 is 0 Å². The summed E-state index contributed by atoms with van der Waals surface area (Å²) in [6.45, 7) is 0.670. The summed E-state index contributed by atoms with van der Waals surface area (Å²) in [6.07, 6.45) is -2.23. The highest BCUT2D eigenvalue weighted by Gasteiger charge is 2.49. The smallest absolute Gasteiger partial charge is 0.338 e. The lowest BCUT2D eigenvalue weighted by molar-refractivity contribution is -0.0834. The molecule has 4 aromatic rings. The van der Waals surface area contributed by atoms with Gasteiger partial charge in [-0.15, -0.1) is 0 Å². The average Bonchev–Trinajstić information content (AvgIpc) is 3.29. The molecule has 1 saturated heterocycles. The van der Waals surface area contributed by atoms with Gasteiger partial charge in [0.2, 0.25) is 0 Å². The molecule has 0 aliphatic carbocycles. The van der Waals surface area contributed by atoms with Gasteiger partial charge in [-0.25, -0.2) is 9.59 Å². The van der Waals surface area contributed by atoms with Crippen LogP contribution in [0.1, 0.15) is 27.7 Å². The highest BCUT2D eigenvalue weighted by Crippen LogP contribution is 2.34. The average molecular weight is 529 g/mol. The molecule has 4 atom stereocenters. The van der Waals surface area contributed by atoms with Gasteiger partial charge in [0.15, 0.2) is 12.3 Å². The topological polar surface area (TPSA) is 109 Å². The van der Waals surface area contributed by atoms with Crippen LogP contribution in [0.5, 0.6) is 0 Å². The molecule has 1 fully saturated rings. The van der Waals surface area contributed by atoms with Crippen LogP contribution in [0.2, 0.25) is 0 Å². The van der Waals surface area contributed by atoms with Gasteiger partial charge in [0.25, 0.3) is 5.56 Å². The molecular weight excluding hydrogens is 500 g/mol. The van der Waals surface area contributed by atoms with E-state index in [1.807, 2.05) is 60.7 Å². The van der Waals surface area contributed by atoms with Crippen LogP contribution in [-0.4, -0.2) is 40.4 Å². The first-order chi connectivity index (χ1) is 19.1. The lowest BCUT2D eigenvalue weighted by atomic mass is 10.1. The molecule has 1 N–H and O–H groups in total. The monoisotopic (exact) mass is 528 g/mol. The molecule has 9 nitrogen and oxygen atoms in total. The molecule has 0 amide bonds. The number of H-pyrrole nitrogens is 1. The van der Waals surface area contributed by atoms with E-state index in [1.165, 1.54) is 16.8 Å². The van der Waals surface area contributed by atoms with Gasteiger partial charge in [-0.3, -0.25) is 14.3 Å². The summed E-state index contributed by atoms with van der Waals surface area (Å²) < 4.78 is 25.7. The molecular formula is C30H28N2O7. The van der Waals surface area contributed by atoms with Gasteiger partial charge < -0.3 is 18.9 Å². The van der Waals surface area contributed by atoms with Crippen molar-refractivity contribution in [2.24, 2.45) is 0 Å². The molecule has 1 aliphatic heterocycles. The zero-order chi connectivity index (χ0) is 27.0. The molecule has 1 aromatic heterocycles. The molecule has 200 valence electrons. The number of aromatic amines is 1. The van der Waals surface area contributed by atoms with Gasteiger partial charge in [-0.2, -0.15) is 0 Å². The number of carbonyl (C=O) groups is 1. The number of esters is 1. The SMILES string of the molecule is O=C(O[C@@H]1[C@H](OCc2ccccc2)[C@@H](COCc2ccccc2)O[C@H]1n1ccc(=O)[nH]c1=O)c1ccccc1. The van der Waals surface area contributed by atoms with Gasteiger partial charge in [-0.1, -0.05) is 78.9 Å². The highest BCUT2D eigenvalue weighted by atomic mass is 16.6. The lowest BCUT2D eigenvalue weighted by Crippen LogP contribution is -2.41. The number of hydrogen-bond acceptors (Lipinski definition) is 7. The van der Waals surface area contributed by atoms with Crippen LogP contribution in [0.25, 0.3) is 0 Å². The first-order valence-electron chi connectivity index (χ1n) is 12.6. The molecule has 9 heteroatoms. The van der Waals surface area contributed by atoms with Crippen molar-refractivity contribution in [3.63, 3.8) is 0 Å². The second kappa shape index (κ2) is 12.5. The zero-order valence-electron chi connectivity index (χ0n) is 21.1. The van der Waals surface area contributed by atoms with E-state index in [9.17, 15) is 14.4 Å². The third kappa shape index (κ3) is 6.58. The van der Waals surface area contributed by atoms with Crippen LogP contribution in [0.4, 0.5) is 0 Å².